The number of oxazole rings is 1. The molecule has 6 nitrogen and oxygen atoms in total. The predicted molar refractivity (Wildman–Crippen MR) is 112 cm³/mol. The van der Waals surface area contributed by atoms with E-state index < -0.39 is 9.84 Å². The molecule has 152 valence electrons. The number of rotatable bonds is 4. The minimum atomic E-state index is -3.85. The highest BCUT2D eigenvalue weighted by Gasteiger charge is 2.33. The molecule has 1 aliphatic rings. The van der Waals surface area contributed by atoms with Gasteiger partial charge in [-0.05, 0) is 31.2 Å². The lowest BCUT2D eigenvalue weighted by atomic mass is 10.2. The summed E-state index contributed by atoms with van der Waals surface area (Å²) in [5, 5.41) is 0.401. The maximum Gasteiger partial charge on any atom is 0.236 e. The fourth-order valence-corrected chi connectivity index (χ4v) is 4.88. The van der Waals surface area contributed by atoms with Crippen molar-refractivity contribution < 1.29 is 17.7 Å². The van der Waals surface area contributed by atoms with Crippen LogP contribution in [-0.4, -0.2) is 46.6 Å². The van der Waals surface area contributed by atoms with Crippen molar-refractivity contribution in [2.24, 2.45) is 0 Å². The molecule has 1 N–H and O–H groups in total. The maximum absolute atomic E-state index is 13.4. The summed E-state index contributed by atoms with van der Waals surface area (Å²) < 4.78 is 32.9. The predicted octanol–water partition coefficient (Wildman–Crippen LogP) is 2.47. The third kappa shape index (κ3) is 3.90. The van der Waals surface area contributed by atoms with Crippen LogP contribution in [0.2, 0.25) is 5.02 Å². The van der Waals surface area contributed by atoms with Gasteiger partial charge in [-0.25, -0.2) is 8.42 Å². The van der Waals surface area contributed by atoms with Gasteiger partial charge in [0.25, 0.3) is 0 Å². The van der Waals surface area contributed by atoms with Gasteiger partial charge in [0.2, 0.25) is 26.6 Å². The smallest absolute Gasteiger partial charge is 0.236 e. The van der Waals surface area contributed by atoms with Gasteiger partial charge in [-0.15, -0.1) is 0 Å². The first-order valence-corrected chi connectivity index (χ1v) is 11.4. The topological polar surface area (TPSA) is 67.9 Å². The van der Waals surface area contributed by atoms with Crippen molar-refractivity contribution in [3.05, 3.63) is 59.1 Å². The molecule has 0 amide bonds. The quantitative estimate of drug-likeness (QED) is 0.686. The molecule has 1 aliphatic heterocycles. The first-order valence-electron chi connectivity index (χ1n) is 9.50. The second kappa shape index (κ2) is 7.82. The van der Waals surface area contributed by atoms with Gasteiger partial charge in [-0.2, -0.15) is 4.98 Å². The second-order valence-corrected chi connectivity index (χ2v) is 9.64. The van der Waals surface area contributed by atoms with Crippen LogP contribution >= 0.6 is 11.6 Å². The van der Waals surface area contributed by atoms with E-state index in [2.05, 4.69) is 12.0 Å². The van der Waals surface area contributed by atoms with E-state index in [1.54, 1.807) is 36.4 Å². The van der Waals surface area contributed by atoms with Crippen LogP contribution in [0, 0.1) is 6.92 Å². The van der Waals surface area contributed by atoms with Gasteiger partial charge < -0.3 is 14.2 Å². The van der Waals surface area contributed by atoms with Crippen LogP contribution in [0.5, 0.6) is 0 Å². The molecule has 0 atom stereocenters. The molecule has 0 bridgehead atoms. The molecule has 0 unspecified atom stereocenters. The Morgan fingerprint density at radius 3 is 2.38 bits per heavy atom. The average molecular weight is 433 g/mol. The highest BCUT2D eigenvalue weighted by Crippen LogP contribution is 2.36. The van der Waals surface area contributed by atoms with Crippen molar-refractivity contribution in [2.75, 3.05) is 38.1 Å². The SMILES string of the molecule is Cc1ccc(S(=O)(=O)c2nc(-c3ccccc3Cl)oc2N2CC[NH+](C)CC2)cc1. The van der Waals surface area contributed by atoms with Gasteiger partial charge in [-0.1, -0.05) is 41.4 Å². The van der Waals surface area contributed by atoms with Gasteiger partial charge in [0, 0.05) is 0 Å². The molecule has 2 heterocycles. The van der Waals surface area contributed by atoms with Crippen LogP contribution < -0.4 is 9.80 Å². The molecule has 3 aromatic rings. The molecule has 1 saturated heterocycles. The van der Waals surface area contributed by atoms with E-state index in [1.165, 1.54) is 4.90 Å². The molecule has 0 radical (unpaired) electrons. The Balaban J connectivity index is 1.85. The van der Waals surface area contributed by atoms with Gasteiger partial charge in [0.1, 0.15) is 0 Å². The average Bonchev–Trinajstić information content (AvgIpc) is 3.15. The number of nitrogens with one attached hydrogen (secondary N) is 1. The lowest BCUT2D eigenvalue weighted by Gasteiger charge is -2.29. The largest absolute Gasteiger partial charge is 0.419 e. The molecule has 1 aromatic heterocycles. The number of piperazine rings is 1. The number of likely N-dealkylation sites (N-methyl/N-ethyl adjacent to an activating group) is 1. The molecule has 8 heteroatoms. The second-order valence-electron chi connectivity index (χ2n) is 7.37. The molecule has 1 fully saturated rings. The number of hydrogen-bond acceptors (Lipinski definition) is 5. The minimum absolute atomic E-state index is 0.0594. The van der Waals surface area contributed by atoms with E-state index >= 15 is 0 Å². The van der Waals surface area contributed by atoms with Gasteiger partial charge >= 0.3 is 0 Å². The number of quaternary nitrogens is 1. The number of sulfone groups is 1. The Morgan fingerprint density at radius 2 is 1.72 bits per heavy atom. The molecule has 29 heavy (non-hydrogen) atoms. The van der Waals surface area contributed by atoms with Crippen molar-refractivity contribution >= 4 is 27.3 Å². The molecule has 2 aromatic carbocycles. The summed E-state index contributed by atoms with van der Waals surface area (Å²) in [5.41, 5.74) is 1.56. The minimum Gasteiger partial charge on any atom is -0.419 e. The normalized spacial score (nSPS) is 15.6. The van der Waals surface area contributed by atoms with Gasteiger partial charge in [-0.3, -0.25) is 0 Å². The zero-order valence-electron chi connectivity index (χ0n) is 16.4. The maximum atomic E-state index is 13.4. The van der Waals surface area contributed by atoms with E-state index in [0.717, 1.165) is 18.7 Å². The fraction of sp³-hybridized carbons (Fsp3) is 0.286. The lowest BCUT2D eigenvalue weighted by molar-refractivity contribution is -0.880. The van der Waals surface area contributed by atoms with Crippen LogP contribution in [0.4, 0.5) is 5.88 Å². The third-order valence-corrected chi connectivity index (χ3v) is 7.17. The molecular formula is C21H23ClN3O3S+. The van der Waals surface area contributed by atoms with E-state index in [4.69, 9.17) is 16.0 Å². The number of benzene rings is 2. The van der Waals surface area contributed by atoms with E-state index in [0.29, 0.717) is 23.7 Å². The summed E-state index contributed by atoms with van der Waals surface area (Å²) in [6.07, 6.45) is 0. The van der Waals surface area contributed by atoms with Crippen LogP contribution in [0.1, 0.15) is 5.56 Å². The number of anilines is 1. The standard InChI is InChI=1S/C21H22ClN3O3S/c1-15-7-9-16(10-8-15)29(26,27)20-21(25-13-11-24(2)12-14-25)28-19(23-20)17-5-3-4-6-18(17)22/h3-10H,11-14H2,1-2H3/p+1. The van der Waals surface area contributed by atoms with Crippen molar-refractivity contribution in [1.82, 2.24) is 4.98 Å². The van der Waals surface area contributed by atoms with Crippen molar-refractivity contribution in [3.8, 4) is 11.5 Å². The monoisotopic (exact) mass is 432 g/mol. The van der Waals surface area contributed by atoms with Crippen LogP contribution in [0.3, 0.4) is 0 Å². The van der Waals surface area contributed by atoms with Crippen LogP contribution in [0.25, 0.3) is 11.5 Å². The number of aromatic nitrogens is 1. The zero-order chi connectivity index (χ0) is 20.6. The summed E-state index contributed by atoms with van der Waals surface area (Å²) in [7, 11) is -1.72. The van der Waals surface area contributed by atoms with Crippen LogP contribution in [0.15, 0.2) is 62.9 Å². The van der Waals surface area contributed by atoms with Gasteiger partial charge in [0.05, 0.1) is 48.7 Å². The summed E-state index contributed by atoms with van der Waals surface area (Å²) in [6, 6.07) is 13.9. The summed E-state index contributed by atoms with van der Waals surface area (Å²) in [5.74, 6) is 0.496. The highest BCUT2D eigenvalue weighted by molar-refractivity contribution is 7.91. The first kappa shape index (κ1) is 19.9. The fourth-order valence-electron chi connectivity index (χ4n) is 3.34. The van der Waals surface area contributed by atoms with E-state index in [1.807, 2.05) is 24.0 Å². The van der Waals surface area contributed by atoms with Crippen LogP contribution in [-0.2, 0) is 9.84 Å². The highest BCUT2D eigenvalue weighted by atomic mass is 35.5. The molecule has 4 rings (SSSR count). The summed E-state index contributed by atoms with van der Waals surface area (Å²) in [6.45, 7) is 5.09. The Morgan fingerprint density at radius 1 is 1.07 bits per heavy atom. The van der Waals surface area contributed by atoms with E-state index in [-0.39, 0.29) is 21.7 Å². The number of aryl methyl sites for hydroxylation is 1. The van der Waals surface area contributed by atoms with Gasteiger partial charge in [0.15, 0.2) is 0 Å². The van der Waals surface area contributed by atoms with Crippen molar-refractivity contribution in [3.63, 3.8) is 0 Å². The summed E-state index contributed by atoms with van der Waals surface area (Å²) >= 11 is 6.31. The van der Waals surface area contributed by atoms with Crippen molar-refractivity contribution in [2.45, 2.75) is 16.8 Å². The Kier molecular flexibility index (Phi) is 5.38. The number of hydrogen-bond donors (Lipinski definition) is 1. The van der Waals surface area contributed by atoms with E-state index in [9.17, 15) is 8.42 Å². The molecule has 0 saturated carbocycles. The molecule has 0 spiro atoms. The lowest BCUT2D eigenvalue weighted by Crippen LogP contribution is -3.12. The first-order chi connectivity index (χ1) is 13.9. The Hall–Kier alpha value is -2.35. The Bertz CT molecular complexity index is 1120. The number of halogens is 1. The Labute approximate surface area is 175 Å². The summed E-state index contributed by atoms with van der Waals surface area (Å²) in [4.78, 5) is 7.97. The zero-order valence-corrected chi connectivity index (χ0v) is 17.9. The van der Waals surface area contributed by atoms with Crippen molar-refractivity contribution in [1.29, 1.82) is 0 Å². The third-order valence-electron chi connectivity index (χ3n) is 5.17. The number of nitrogens with zero attached hydrogens (tertiary/aromatic N) is 2. The molecular weight excluding hydrogens is 410 g/mol. The molecule has 0 aliphatic carbocycles.